The molecule has 3 heterocycles. The van der Waals surface area contributed by atoms with E-state index in [1.165, 1.54) is 24.0 Å². The Morgan fingerprint density at radius 2 is 2.05 bits per heavy atom. The largest absolute Gasteiger partial charge is 0.372 e. The summed E-state index contributed by atoms with van der Waals surface area (Å²) >= 11 is 6.18. The van der Waals surface area contributed by atoms with Crippen LogP contribution in [0.1, 0.15) is 36.0 Å². The molecule has 0 radical (unpaired) electrons. The highest BCUT2D eigenvalue weighted by molar-refractivity contribution is 6.30. The molecular weight excluding hydrogens is 262 g/mol. The standard InChI is InChI=1S/C15H18ClNO2/c16-9-3-4-10-11(6-9)15(13-2-1-5-17-13)19-7-12(10)14-8-18-14/h3-4,6,12-15,17H,1-2,5,7-8H2/t12?,13-,14?,15-/m0/s1. The van der Waals surface area contributed by atoms with Crippen LogP contribution in [-0.2, 0) is 9.47 Å². The van der Waals surface area contributed by atoms with E-state index in [4.69, 9.17) is 21.1 Å². The van der Waals surface area contributed by atoms with Crippen molar-refractivity contribution in [2.45, 2.75) is 37.0 Å². The van der Waals surface area contributed by atoms with E-state index in [-0.39, 0.29) is 6.10 Å². The minimum Gasteiger partial charge on any atom is -0.372 e. The lowest BCUT2D eigenvalue weighted by molar-refractivity contribution is 0.00270. The first-order valence-corrected chi connectivity index (χ1v) is 7.46. The van der Waals surface area contributed by atoms with E-state index in [1.54, 1.807) is 0 Å². The minimum absolute atomic E-state index is 0.145. The predicted octanol–water partition coefficient (Wildman–Crippen LogP) is 2.65. The van der Waals surface area contributed by atoms with E-state index in [0.29, 0.717) is 18.1 Å². The van der Waals surface area contributed by atoms with Crippen LogP contribution in [0.25, 0.3) is 0 Å². The molecule has 1 aromatic rings. The third kappa shape index (κ3) is 2.19. The number of hydrogen-bond acceptors (Lipinski definition) is 3. The van der Waals surface area contributed by atoms with Crippen molar-refractivity contribution in [3.05, 3.63) is 34.3 Å². The van der Waals surface area contributed by atoms with Crippen LogP contribution in [0.2, 0.25) is 5.02 Å². The van der Waals surface area contributed by atoms with Crippen LogP contribution in [-0.4, -0.2) is 31.9 Å². The number of benzene rings is 1. The van der Waals surface area contributed by atoms with Gasteiger partial charge >= 0.3 is 0 Å². The Morgan fingerprint density at radius 1 is 1.16 bits per heavy atom. The molecular formula is C15H18ClNO2. The van der Waals surface area contributed by atoms with Crippen molar-refractivity contribution in [2.24, 2.45) is 0 Å². The highest BCUT2D eigenvalue weighted by Gasteiger charge is 2.41. The average Bonchev–Trinajstić information content (AvgIpc) is 3.12. The number of hydrogen-bond donors (Lipinski definition) is 1. The summed E-state index contributed by atoms with van der Waals surface area (Å²) in [6, 6.07) is 6.66. The fraction of sp³-hybridized carbons (Fsp3) is 0.600. The Kier molecular flexibility index (Phi) is 3.03. The van der Waals surface area contributed by atoms with Gasteiger partial charge in [-0.15, -0.1) is 0 Å². The third-order valence-corrected chi connectivity index (χ3v) is 4.72. The summed E-state index contributed by atoms with van der Waals surface area (Å²) in [6.45, 7) is 2.72. The molecule has 19 heavy (non-hydrogen) atoms. The first-order chi connectivity index (χ1) is 9.33. The lowest BCUT2D eigenvalue weighted by atomic mass is 9.85. The van der Waals surface area contributed by atoms with Gasteiger partial charge in [-0.1, -0.05) is 17.7 Å². The summed E-state index contributed by atoms with van der Waals surface area (Å²) in [5, 5.41) is 4.34. The van der Waals surface area contributed by atoms with Crippen LogP contribution in [0.3, 0.4) is 0 Å². The molecule has 0 spiro atoms. The summed E-state index contributed by atoms with van der Waals surface area (Å²) in [5.74, 6) is 0.380. The van der Waals surface area contributed by atoms with Gasteiger partial charge in [-0.2, -0.15) is 0 Å². The Balaban J connectivity index is 1.71. The maximum Gasteiger partial charge on any atom is 0.0981 e. The van der Waals surface area contributed by atoms with Crippen molar-refractivity contribution in [1.29, 1.82) is 0 Å². The Bertz CT molecular complexity index is 483. The normalized spacial score (nSPS) is 37.1. The fourth-order valence-corrected chi connectivity index (χ4v) is 3.60. The topological polar surface area (TPSA) is 33.8 Å². The molecule has 3 aliphatic heterocycles. The number of fused-ring (bicyclic) bond motifs is 1. The SMILES string of the molecule is Clc1ccc2c(c1)[C@@H]([C@@H]1CCCN1)OCC2C1CO1. The van der Waals surface area contributed by atoms with E-state index >= 15 is 0 Å². The Hall–Kier alpha value is -0.610. The molecule has 4 atom stereocenters. The minimum atomic E-state index is 0.145. The molecule has 0 amide bonds. The van der Waals surface area contributed by atoms with Gasteiger partial charge < -0.3 is 14.8 Å². The van der Waals surface area contributed by atoms with E-state index in [0.717, 1.165) is 24.8 Å². The zero-order valence-corrected chi connectivity index (χ0v) is 11.5. The molecule has 0 saturated carbocycles. The summed E-state index contributed by atoms with van der Waals surface area (Å²) in [7, 11) is 0. The molecule has 2 unspecified atom stereocenters. The molecule has 4 heteroatoms. The smallest absolute Gasteiger partial charge is 0.0981 e. The van der Waals surface area contributed by atoms with E-state index in [1.807, 2.05) is 6.07 Å². The summed E-state index contributed by atoms with van der Waals surface area (Å²) in [6.07, 6.45) is 2.90. The number of rotatable bonds is 2. The molecule has 1 aromatic carbocycles. The second kappa shape index (κ2) is 4.74. The van der Waals surface area contributed by atoms with Crippen LogP contribution < -0.4 is 5.32 Å². The monoisotopic (exact) mass is 279 g/mol. The molecule has 2 saturated heterocycles. The van der Waals surface area contributed by atoms with Crippen molar-refractivity contribution in [3.63, 3.8) is 0 Å². The first kappa shape index (κ1) is 12.2. The highest BCUT2D eigenvalue weighted by atomic mass is 35.5. The number of epoxide rings is 1. The van der Waals surface area contributed by atoms with Crippen LogP contribution in [0.4, 0.5) is 0 Å². The van der Waals surface area contributed by atoms with Crippen LogP contribution in [0.5, 0.6) is 0 Å². The highest BCUT2D eigenvalue weighted by Crippen LogP contribution is 2.43. The molecule has 1 N–H and O–H groups in total. The van der Waals surface area contributed by atoms with Gasteiger partial charge in [0.1, 0.15) is 0 Å². The second-order valence-electron chi connectivity index (χ2n) is 5.71. The fourth-order valence-electron chi connectivity index (χ4n) is 3.41. The molecule has 2 fully saturated rings. The molecule has 102 valence electrons. The van der Waals surface area contributed by atoms with Crippen LogP contribution in [0, 0.1) is 0 Å². The number of halogens is 1. The summed E-state index contributed by atoms with van der Waals surface area (Å²) in [5.41, 5.74) is 2.63. The van der Waals surface area contributed by atoms with Crippen molar-refractivity contribution < 1.29 is 9.47 Å². The van der Waals surface area contributed by atoms with Crippen LogP contribution >= 0.6 is 11.6 Å². The van der Waals surface area contributed by atoms with Crippen molar-refractivity contribution in [3.8, 4) is 0 Å². The van der Waals surface area contributed by atoms with E-state index in [9.17, 15) is 0 Å². The maximum atomic E-state index is 6.18. The average molecular weight is 280 g/mol. The van der Waals surface area contributed by atoms with Crippen molar-refractivity contribution in [1.82, 2.24) is 5.32 Å². The van der Waals surface area contributed by atoms with E-state index < -0.39 is 0 Å². The van der Waals surface area contributed by atoms with Crippen LogP contribution in [0.15, 0.2) is 18.2 Å². The quantitative estimate of drug-likeness (QED) is 0.845. The van der Waals surface area contributed by atoms with E-state index in [2.05, 4.69) is 17.4 Å². The molecule has 0 aromatic heterocycles. The molecule has 0 bridgehead atoms. The third-order valence-electron chi connectivity index (χ3n) is 4.48. The van der Waals surface area contributed by atoms with Gasteiger partial charge in [-0.25, -0.2) is 0 Å². The second-order valence-corrected chi connectivity index (χ2v) is 6.14. The summed E-state index contributed by atoms with van der Waals surface area (Å²) < 4.78 is 11.6. The first-order valence-electron chi connectivity index (χ1n) is 7.09. The summed E-state index contributed by atoms with van der Waals surface area (Å²) in [4.78, 5) is 0. The van der Waals surface area contributed by atoms with Gasteiger partial charge in [-0.3, -0.25) is 0 Å². The van der Waals surface area contributed by atoms with Crippen molar-refractivity contribution in [2.75, 3.05) is 19.8 Å². The molecule has 3 nitrogen and oxygen atoms in total. The predicted molar refractivity (Wildman–Crippen MR) is 73.7 cm³/mol. The number of ether oxygens (including phenoxy) is 2. The Labute approximate surface area is 118 Å². The number of nitrogens with one attached hydrogen (secondary N) is 1. The van der Waals surface area contributed by atoms with Gasteiger partial charge in [0.05, 0.1) is 25.4 Å². The zero-order valence-electron chi connectivity index (χ0n) is 10.8. The van der Waals surface area contributed by atoms with Gasteiger partial charge in [0.15, 0.2) is 0 Å². The Morgan fingerprint density at radius 3 is 2.79 bits per heavy atom. The maximum absolute atomic E-state index is 6.18. The lowest BCUT2D eigenvalue weighted by Crippen LogP contribution is -2.36. The van der Waals surface area contributed by atoms with Gasteiger partial charge in [0.25, 0.3) is 0 Å². The lowest BCUT2D eigenvalue weighted by Gasteiger charge is -2.34. The zero-order chi connectivity index (χ0) is 12.8. The molecule has 0 aliphatic carbocycles. The molecule has 3 aliphatic rings. The van der Waals surface area contributed by atoms with Crippen molar-refractivity contribution >= 4 is 11.6 Å². The van der Waals surface area contributed by atoms with Gasteiger partial charge in [0.2, 0.25) is 0 Å². The van der Waals surface area contributed by atoms with Gasteiger partial charge in [-0.05, 0) is 42.6 Å². The molecule has 4 rings (SSSR count). The van der Waals surface area contributed by atoms with Gasteiger partial charge in [0, 0.05) is 17.0 Å².